The largest absolute Gasteiger partial charge is 0.398 e. The Balaban J connectivity index is 1.96. The van der Waals surface area contributed by atoms with Crippen LogP contribution in [0.5, 0.6) is 0 Å². The average Bonchev–Trinajstić information content (AvgIpc) is 2.41. The van der Waals surface area contributed by atoms with Gasteiger partial charge >= 0.3 is 0 Å². The SMILES string of the molecule is CN(C)CC1CCN(C(=O)c2ccc(Cl)c(N)c2)CC1. The van der Waals surface area contributed by atoms with Crippen molar-refractivity contribution in [2.75, 3.05) is 39.5 Å². The van der Waals surface area contributed by atoms with Gasteiger partial charge in [-0.2, -0.15) is 0 Å². The molecule has 20 heavy (non-hydrogen) atoms. The Kier molecular flexibility index (Phi) is 4.89. The second-order valence-electron chi connectivity index (χ2n) is 5.73. The number of nitrogen functional groups attached to an aromatic ring is 1. The normalized spacial score (nSPS) is 16.7. The molecule has 110 valence electrons. The Morgan fingerprint density at radius 1 is 1.40 bits per heavy atom. The number of nitrogens with two attached hydrogens (primary N) is 1. The zero-order valence-corrected chi connectivity index (χ0v) is 12.9. The van der Waals surface area contributed by atoms with Crippen LogP contribution in [-0.4, -0.2) is 49.4 Å². The summed E-state index contributed by atoms with van der Waals surface area (Å²) in [7, 11) is 4.18. The molecule has 5 heteroatoms. The molecule has 1 saturated heterocycles. The lowest BCUT2D eigenvalue weighted by Gasteiger charge is -2.33. The summed E-state index contributed by atoms with van der Waals surface area (Å²) in [6.07, 6.45) is 2.12. The summed E-state index contributed by atoms with van der Waals surface area (Å²) in [5.74, 6) is 0.737. The molecule has 0 bridgehead atoms. The van der Waals surface area contributed by atoms with Crippen LogP contribution >= 0.6 is 11.6 Å². The maximum Gasteiger partial charge on any atom is 0.253 e. The van der Waals surface area contributed by atoms with Crippen molar-refractivity contribution in [3.8, 4) is 0 Å². The van der Waals surface area contributed by atoms with Crippen LogP contribution < -0.4 is 5.73 Å². The fourth-order valence-corrected chi connectivity index (χ4v) is 2.81. The molecule has 2 N–H and O–H groups in total. The first kappa shape index (κ1) is 15.1. The number of nitrogens with zero attached hydrogens (tertiary/aromatic N) is 2. The van der Waals surface area contributed by atoms with Crippen molar-refractivity contribution in [3.63, 3.8) is 0 Å². The van der Waals surface area contributed by atoms with Gasteiger partial charge in [-0.05, 0) is 51.1 Å². The molecular weight excluding hydrogens is 274 g/mol. The van der Waals surface area contributed by atoms with E-state index in [1.54, 1.807) is 18.2 Å². The van der Waals surface area contributed by atoms with Gasteiger partial charge in [-0.1, -0.05) is 11.6 Å². The van der Waals surface area contributed by atoms with Gasteiger partial charge in [0, 0.05) is 25.2 Å². The standard InChI is InChI=1S/C15H22ClN3O/c1-18(2)10-11-5-7-19(8-6-11)15(20)12-3-4-13(16)14(17)9-12/h3-4,9,11H,5-8,10,17H2,1-2H3. The summed E-state index contributed by atoms with van der Waals surface area (Å²) in [5, 5.41) is 0.492. The molecule has 1 heterocycles. The molecule has 0 aliphatic carbocycles. The first-order valence-corrected chi connectivity index (χ1v) is 7.34. The van der Waals surface area contributed by atoms with Crippen molar-refractivity contribution in [3.05, 3.63) is 28.8 Å². The fraction of sp³-hybridized carbons (Fsp3) is 0.533. The lowest BCUT2D eigenvalue weighted by molar-refractivity contribution is 0.0678. The minimum atomic E-state index is 0.0525. The molecule has 2 rings (SSSR count). The van der Waals surface area contributed by atoms with Crippen LogP contribution in [0.15, 0.2) is 18.2 Å². The predicted molar refractivity (Wildman–Crippen MR) is 83.0 cm³/mol. The number of hydrogen-bond donors (Lipinski definition) is 1. The van der Waals surface area contributed by atoms with E-state index in [1.807, 2.05) is 4.90 Å². The van der Waals surface area contributed by atoms with Gasteiger partial charge in [0.15, 0.2) is 0 Å². The molecule has 1 aromatic rings. The van der Waals surface area contributed by atoms with Gasteiger partial charge < -0.3 is 15.5 Å². The molecule has 0 aromatic heterocycles. The molecule has 1 fully saturated rings. The van der Waals surface area contributed by atoms with Gasteiger partial charge in [0.2, 0.25) is 0 Å². The fourth-order valence-electron chi connectivity index (χ4n) is 2.69. The first-order valence-electron chi connectivity index (χ1n) is 6.96. The number of carbonyl (C=O) groups excluding carboxylic acids is 1. The Labute approximate surface area is 125 Å². The Hall–Kier alpha value is -1.26. The van der Waals surface area contributed by atoms with Crippen LogP contribution in [0.25, 0.3) is 0 Å². The van der Waals surface area contributed by atoms with Crippen molar-refractivity contribution in [1.82, 2.24) is 9.80 Å². The lowest BCUT2D eigenvalue weighted by atomic mass is 9.96. The highest BCUT2D eigenvalue weighted by Crippen LogP contribution is 2.23. The van der Waals surface area contributed by atoms with E-state index < -0.39 is 0 Å². The van der Waals surface area contributed by atoms with Crippen LogP contribution in [0, 0.1) is 5.92 Å². The average molecular weight is 296 g/mol. The second kappa shape index (κ2) is 6.46. The van der Waals surface area contributed by atoms with E-state index in [2.05, 4.69) is 19.0 Å². The van der Waals surface area contributed by atoms with E-state index in [0.717, 1.165) is 32.5 Å². The summed E-state index contributed by atoms with van der Waals surface area (Å²) in [5.41, 5.74) is 6.84. The van der Waals surface area contributed by atoms with E-state index in [1.165, 1.54) is 0 Å². The third kappa shape index (κ3) is 3.64. The Bertz CT molecular complexity index is 482. The molecule has 1 aliphatic heterocycles. The van der Waals surface area contributed by atoms with Crippen molar-refractivity contribution in [2.24, 2.45) is 5.92 Å². The van der Waals surface area contributed by atoms with E-state index in [-0.39, 0.29) is 5.91 Å². The van der Waals surface area contributed by atoms with Crippen molar-refractivity contribution >= 4 is 23.2 Å². The quantitative estimate of drug-likeness (QED) is 0.871. The van der Waals surface area contributed by atoms with E-state index in [4.69, 9.17) is 17.3 Å². The number of rotatable bonds is 3. The molecule has 1 aromatic carbocycles. The number of amides is 1. The molecule has 0 atom stereocenters. The first-order chi connectivity index (χ1) is 9.47. The number of anilines is 1. The molecule has 4 nitrogen and oxygen atoms in total. The second-order valence-corrected chi connectivity index (χ2v) is 6.14. The maximum absolute atomic E-state index is 12.4. The molecule has 0 spiro atoms. The highest BCUT2D eigenvalue weighted by atomic mass is 35.5. The topological polar surface area (TPSA) is 49.6 Å². The summed E-state index contributed by atoms with van der Waals surface area (Å²) in [6, 6.07) is 5.09. The van der Waals surface area contributed by atoms with Crippen LogP contribution in [0.3, 0.4) is 0 Å². The number of piperidine rings is 1. The highest BCUT2D eigenvalue weighted by molar-refractivity contribution is 6.33. The summed E-state index contributed by atoms with van der Waals surface area (Å²) >= 11 is 5.88. The van der Waals surface area contributed by atoms with Crippen molar-refractivity contribution in [2.45, 2.75) is 12.8 Å². The van der Waals surface area contributed by atoms with Crippen LogP contribution in [0.1, 0.15) is 23.2 Å². The van der Waals surface area contributed by atoms with Gasteiger partial charge in [-0.15, -0.1) is 0 Å². The molecule has 0 radical (unpaired) electrons. The monoisotopic (exact) mass is 295 g/mol. The summed E-state index contributed by atoms with van der Waals surface area (Å²) < 4.78 is 0. The molecule has 1 aliphatic rings. The minimum absolute atomic E-state index is 0.0525. The zero-order chi connectivity index (χ0) is 14.7. The van der Waals surface area contributed by atoms with Gasteiger partial charge in [-0.3, -0.25) is 4.79 Å². The van der Waals surface area contributed by atoms with Gasteiger partial charge in [0.25, 0.3) is 5.91 Å². The van der Waals surface area contributed by atoms with Gasteiger partial charge in [0.05, 0.1) is 10.7 Å². The number of benzene rings is 1. The van der Waals surface area contributed by atoms with E-state index in [9.17, 15) is 4.79 Å². The Morgan fingerprint density at radius 2 is 2.05 bits per heavy atom. The van der Waals surface area contributed by atoms with Crippen molar-refractivity contribution < 1.29 is 4.79 Å². The third-order valence-electron chi connectivity index (χ3n) is 3.77. The lowest BCUT2D eigenvalue weighted by Crippen LogP contribution is -2.40. The van der Waals surface area contributed by atoms with Crippen molar-refractivity contribution in [1.29, 1.82) is 0 Å². The van der Waals surface area contributed by atoms with E-state index in [0.29, 0.717) is 22.2 Å². The number of likely N-dealkylation sites (tertiary alicyclic amines) is 1. The molecule has 0 unspecified atom stereocenters. The van der Waals surface area contributed by atoms with Crippen LogP contribution in [-0.2, 0) is 0 Å². The van der Waals surface area contributed by atoms with Gasteiger partial charge in [-0.25, -0.2) is 0 Å². The summed E-state index contributed by atoms with van der Waals surface area (Å²) in [6.45, 7) is 2.73. The van der Waals surface area contributed by atoms with Gasteiger partial charge in [0.1, 0.15) is 0 Å². The predicted octanol–water partition coefficient (Wildman–Crippen LogP) is 2.34. The smallest absolute Gasteiger partial charge is 0.253 e. The highest BCUT2D eigenvalue weighted by Gasteiger charge is 2.24. The molecule has 1 amide bonds. The minimum Gasteiger partial charge on any atom is -0.398 e. The maximum atomic E-state index is 12.4. The summed E-state index contributed by atoms with van der Waals surface area (Å²) in [4.78, 5) is 16.5. The molecular formula is C15H22ClN3O. The van der Waals surface area contributed by atoms with E-state index >= 15 is 0 Å². The number of carbonyl (C=O) groups is 1. The number of hydrogen-bond acceptors (Lipinski definition) is 3. The zero-order valence-electron chi connectivity index (χ0n) is 12.1. The van der Waals surface area contributed by atoms with Crippen LogP contribution in [0.2, 0.25) is 5.02 Å². The Morgan fingerprint density at radius 3 is 2.60 bits per heavy atom. The molecule has 0 saturated carbocycles. The van der Waals surface area contributed by atoms with Crippen LogP contribution in [0.4, 0.5) is 5.69 Å². The number of halogens is 1. The third-order valence-corrected chi connectivity index (χ3v) is 4.11.